The Hall–Kier alpha value is -1.28. The summed E-state index contributed by atoms with van der Waals surface area (Å²) in [4.78, 5) is 14.1. The van der Waals surface area contributed by atoms with Crippen LogP contribution in [0.5, 0.6) is 0 Å². The first-order valence-corrected chi connectivity index (χ1v) is 8.20. The molecule has 0 aromatic carbocycles. The molecule has 2 aliphatic heterocycles. The van der Waals surface area contributed by atoms with Crippen molar-refractivity contribution < 1.29 is 14.2 Å². The lowest BCUT2D eigenvalue weighted by atomic mass is 10.00. The van der Waals surface area contributed by atoms with Crippen LogP contribution in [0.4, 0.5) is 0 Å². The van der Waals surface area contributed by atoms with Gasteiger partial charge in [-0.25, -0.2) is 4.68 Å². The van der Waals surface area contributed by atoms with Gasteiger partial charge in [-0.2, -0.15) is 5.10 Å². The minimum atomic E-state index is -0.271. The van der Waals surface area contributed by atoms with Crippen LogP contribution in [-0.4, -0.2) is 73.0 Å². The van der Waals surface area contributed by atoms with Crippen molar-refractivity contribution in [2.75, 3.05) is 46.6 Å². The molecule has 3 rings (SSSR count). The molecular formula is C16H25N3O4. The quantitative estimate of drug-likeness (QED) is 0.768. The molecule has 1 aromatic heterocycles. The lowest BCUT2D eigenvalue weighted by molar-refractivity contribution is -0.0909. The standard InChI is InChI=1S/C16H25N3O4/c1-21-9-7-18-8-10-22-13-16(12-18)5-4-14(23-16)11-19-15(20)3-2-6-17-19/h2-3,6,14H,4-5,7-13H2,1H3/t14-,16-/m0/s1. The predicted molar refractivity (Wildman–Crippen MR) is 84.5 cm³/mol. The molecule has 2 fully saturated rings. The van der Waals surface area contributed by atoms with Crippen molar-refractivity contribution in [2.45, 2.75) is 31.1 Å². The van der Waals surface area contributed by atoms with E-state index in [1.807, 2.05) is 0 Å². The molecule has 2 aliphatic rings. The fourth-order valence-corrected chi connectivity index (χ4v) is 3.36. The SMILES string of the molecule is COCCN1CCOC[C@]2(CC[C@@H](Cn3ncccc3=O)O2)C1. The summed E-state index contributed by atoms with van der Waals surface area (Å²) in [5.74, 6) is 0. The Kier molecular flexibility index (Phi) is 5.42. The van der Waals surface area contributed by atoms with Crippen LogP contribution < -0.4 is 5.56 Å². The van der Waals surface area contributed by atoms with E-state index in [1.54, 1.807) is 19.4 Å². The van der Waals surface area contributed by atoms with Gasteiger partial charge in [-0.05, 0) is 18.9 Å². The van der Waals surface area contributed by atoms with Crippen molar-refractivity contribution in [1.29, 1.82) is 0 Å². The number of rotatable bonds is 5. The third-order valence-corrected chi connectivity index (χ3v) is 4.54. The molecule has 1 aromatic rings. The first kappa shape index (κ1) is 16.6. The molecule has 2 saturated heterocycles. The minimum absolute atomic E-state index is 0.00794. The van der Waals surface area contributed by atoms with E-state index >= 15 is 0 Å². The summed E-state index contributed by atoms with van der Waals surface area (Å²) in [6.45, 7) is 5.18. The summed E-state index contributed by atoms with van der Waals surface area (Å²) in [7, 11) is 1.72. The van der Waals surface area contributed by atoms with E-state index in [0.717, 1.165) is 39.1 Å². The third kappa shape index (κ3) is 4.17. The zero-order valence-electron chi connectivity index (χ0n) is 13.6. The molecule has 0 aliphatic carbocycles. The maximum Gasteiger partial charge on any atom is 0.266 e. The average molecular weight is 323 g/mol. The Morgan fingerprint density at radius 1 is 1.52 bits per heavy atom. The van der Waals surface area contributed by atoms with Gasteiger partial charge in [0.1, 0.15) is 5.60 Å². The summed E-state index contributed by atoms with van der Waals surface area (Å²) < 4.78 is 18.8. The van der Waals surface area contributed by atoms with Gasteiger partial charge in [-0.3, -0.25) is 9.69 Å². The van der Waals surface area contributed by atoms with Gasteiger partial charge in [0, 0.05) is 39.0 Å². The highest BCUT2D eigenvalue weighted by atomic mass is 16.6. The van der Waals surface area contributed by atoms with E-state index in [2.05, 4.69) is 10.00 Å². The first-order valence-electron chi connectivity index (χ1n) is 8.20. The number of hydrogen-bond donors (Lipinski definition) is 0. The second-order valence-corrected chi connectivity index (χ2v) is 6.33. The number of hydrogen-bond acceptors (Lipinski definition) is 6. The predicted octanol–water partition coefficient (Wildman–Crippen LogP) is 0.140. The Morgan fingerprint density at radius 2 is 2.43 bits per heavy atom. The summed E-state index contributed by atoms with van der Waals surface area (Å²) in [5.41, 5.74) is -0.358. The second-order valence-electron chi connectivity index (χ2n) is 6.33. The summed E-state index contributed by atoms with van der Waals surface area (Å²) in [6.07, 6.45) is 3.51. The van der Waals surface area contributed by atoms with Gasteiger partial charge in [-0.15, -0.1) is 0 Å². The van der Waals surface area contributed by atoms with Gasteiger partial charge in [-0.1, -0.05) is 0 Å². The highest BCUT2D eigenvalue weighted by Crippen LogP contribution is 2.33. The Labute approximate surface area is 136 Å². The lowest BCUT2D eigenvalue weighted by Crippen LogP contribution is -2.45. The van der Waals surface area contributed by atoms with Crippen LogP contribution in [0.1, 0.15) is 12.8 Å². The normalized spacial score (nSPS) is 29.0. The molecule has 3 heterocycles. The molecule has 1 spiro atoms. The monoisotopic (exact) mass is 323 g/mol. The van der Waals surface area contributed by atoms with Crippen LogP contribution in [-0.2, 0) is 20.8 Å². The van der Waals surface area contributed by atoms with Crippen LogP contribution >= 0.6 is 0 Å². The molecule has 7 nitrogen and oxygen atoms in total. The molecule has 23 heavy (non-hydrogen) atoms. The number of nitrogens with zero attached hydrogens (tertiary/aromatic N) is 3. The van der Waals surface area contributed by atoms with Gasteiger partial charge in [0.25, 0.3) is 5.56 Å². The van der Waals surface area contributed by atoms with E-state index in [1.165, 1.54) is 10.7 Å². The second kappa shape index (κ2) is 7.53. The van der Waals surface area contributed by atoms with Crippen molar-refractivity contribution in [2.24, 2.45) is 0 Å². The molecule has 0 amide bonds. The summed E-state index contributed by atoms with van der Waals surface area (Å²) in [5, 5.41) is 4.12. The molecule has 0 radical (unpaired) electrons. The third-order valence-electron chi connectivity index (χ3n) is 4.54. The molecule has 128 valence electrons. The largest absolute Gasteiger partial charge is 0.383 e. The molecule has 2 atom stereocenters. The molecule has 7 heteroatoms. The van der Waals surface area contributed by atoms with Crippen LogP contribution in [0.2, 0.25) is 0 Å². The van der Waals surface area contributed by atoms with Crippen molar-refractivity contribution in [1.82, 2.24) is 14.7 Å². The average Bonchev–Trinajstić information content (AvgIpc) is 2.82. The summed E-state index contributed by atoms with van der Waals surface area (Å²) in [6, 6.07) is 3.18. The fourth-order valence-electron chi connectivity index (χ4n) is 3.36. The van der Waals surface area contributed by atoms with E-state index in [4.69, 9.17) is 14.2 Å². The smallest absolute Gasteiger partial charge is 0.266 e. The fraction of sp³-hybridized carbons (Fsp3) is 0.750. The Morgan fingerprint density at radius 3 is 3.26 bits per heavy atom. The highest BCUT2D eigenvalue weighted by molar-refractivity contribution is 4.94. The van der Waals surface area contributed by atoms with Gasteiger partial charge in [0.2, 0.25) is 0 Å². The van der Waals surface area contributed by atoms with Crippen molar-refractivity contribution in [3.05, 3.63) is 28.7 Å². The number of ether oxygens (including phenoxy) is 3. The molecule has 0 saturated carbocycles. The van der Waals surface area contributed by atoms with Gasteiger partial charge < -0.3 is 14.2 Å². The zero-order chi connectivity index (χ0) is 16.1. The van der Waals surface area contributed by atoms with Gasteiger partial charge >= 0.3 is 0 Å². The topological polar surface area (TPSA) is 65.8 Å². The van der Waals surface area contributed by atoms with Crippen LogP contribution in [0.3, 0.4) is 0 Å². The number of methoxy groups -OCH3 is 1. The minimum Gasteiger partial charge on any atom is -0.383 e. The molecule has 0 N–H and O–H groups in total. The molecule has 0 bridgehead atoms. The zero-order valence-corrected chi connectivity index (χ0v) is 13.6. The van der Waals surface area contributed by atoms with Crippen LogP contribution in [0, 0.1) is 0 Å². The number of aromatic nitrogens is 2. The van der Waals surface area contributed by atoms with E-state index in [-0.39, 0.29) is 17.3 Å². The maximum atomic E-state index is 11.8. The van der Waals surface area contributed by atoms with Crippen molar-refractivity contribution in [3.63, 3.8) is 0 Å². The van der Waals surface area contributed by atoms with Gasteiger partial charge in [0.15, 0.2) is 0 Å². The van der Waals surface area contributed by atoms with Crippen LogP contribution in [0.25, 0.3) is 0 Å². The van der Waals surface area contributed by atoms with E-state index in [0.29, 0.717) is 19.8 Å². The lowest BCUT2D eigenvalue weighted by Gasteiger charge is -2.31. The maximum absolute atomic E-state index is 11.8. The Bertz CT molecular complexity index is 564. The highest BCUT2D eigenvalue weighted by Gasteiger charge is 2.43. The van der Waals surface area contributed by atoms with Crippen LogP contribution in [0.15, 0.2) is 23.1 Å². The van der Waals surface area contributed by atoms with Gasteiger partial charge in [0.05, 0.1) is 32.5 Å². The van der Waals surface area contributed by atoms with E-state index < -0.39 is 0 Å². The molecular weight excluding hydrogens is 298 g/mol. The Balaban J connectivity index is 1.62. The molecule has 0 unspecified atom stereocenters. The first-order chi connectivity index (χ1) is 11.2. The van der Waals surface area contributed by atoms with E-state index in [9.17, 15) is 4.79 Å². The summed E-state index contributed by atoms with van der Waals surface area (Å²) >= 11 is 0. The van der Waals surface area contributed by atoms with Crippen molar-refractivity contribution >= 4 is 0 Å². The van der Waals surface area contributed by atoms with Crippen molar-refractivity contribution in [3.8, 4) is 0 Å².